The zero-order valence-corrected chi connectivity index (χ0v) is 13.7. The minimum Gasteiger partial charge on any atom is -0.339 e. The maximum absolute atomic E-state index is 12.8. The van der Waals surface area contributed by atoms with Crippen molar-refractivity contribution >= 4 is 5.91 Å². The Balaban J connectivity index is 1.91. The number of benzene rings is 1. The summed E-state index contributed by atoms with van der Waals surface area (Å²) in [6, 6.07) is 12.3. The number of carbonyl (C=O) groups is 1. The lowest BCUT2D eigenvalue weighted by Crippen LogP contribution is -2.38. The Morgan fingerprint density at radius 1 is 1.09 bits per heavy atom. The van der Waals surface area contributed by atoms with Gasteiger partial charge in [0.15, 0.2) is 0 Å². The first-order valence-electron chi connectivity index (χ1n) is 8.11. The van der Waals surface area contributed by atoms with Crippen LogP contribution < -0.4 is 0 Å². The van der Waals surface area contributed by atoms with E-state index in [0.717, 1.165) is 54.5 Å². The zero-order chi connectivity index (χ0) is 15.7. The van der Waals surface area contributed by atoms with E-state index in [1.165, 1.54) is 0 Å². The molecule has 1 amide bonds. The van der Waals surface area contributed by atoms with Gasteiger partial charge >= 0.3 is 0 Å². The number of aromatic nitrogens is 1. The van der Waals surface area contributed by atoms with E-state index >= 15 is 0 Å². The van der Waals surface area contributed by atoms with Crippen LogP contribution in [0.3, 0.4) is 0 Å². The summed E-state index contributed by atoms with van der Waals surface area (Å²) in [5.74, 6) is 0.919. The van der Waals surface area contributed by atoms with Crippen molar-refractivity contribution in [2.45, 2.75) is 33.6 Å². The van der Waals surface area contributed by atoms with Gasteiger partial charge in [0, 0.05) is 30.2 Å². The minimum absolute atomic E-state index is 0.183. The fourth-order valence-corrected chi connectivity index (χ4v) is 3.34. The van der Waals surface area contributed by atoms with E-state index in [4.69, 9.17) is 0 Å². The van der Waals surface area contributed by atoms with E-state index in [-0.39, 0.29) is 5.91 Å². The van der Waals surface area contributed by atoms with Gasteiger partial charge in [-0.25, -0.2) is 0 Å². The molecule has 1 aromatic carbocycles. The molecule has 1 saturated heterocycles. The quantitative estimate of drug-likeness (QED) is 0.823. The van der Waals surface area contributed by atoms with Crippen LogP contribution in [0.25, 0.3) is 5.69 Å². The van der Waals surface area contributed by atoms with E-state index in [1.54, 1.807) is 0 Å². The molecule has 1 fully saturated rings. The third-order valence-corrected chi connectivity index (χ3v) is 4.75. The summed E-state index contributed by atoms with van der Waals surface area (Å²) in [6.07, 6.45) is 2.23. The van der Waals surface area contributed by atoms with Crippen molar-refractivity contribution < 1.29 is 4.79 Å². The van der Waals surface area contributed by atoms with Crippen molar-refractivity contribution in [2.24, 2.45) is 5.92 Å². The lowest BCUT2D eigenvalue weighted by Gasteiger charge is -2.30. The number of nitrogens with zero attached hydrogens (tertiary/aromatic N) is 2. The first-order chi connectivity index (χ1) is 10.6. The number of carbonyl (C=O) groups excluding carboxylic acids is 1. The SMILES string of the molecule is Cc1cc(C(=O)N2CCC(C)CC2)c(C)n1-c1ccccc1. The van der Waals surface area contributed by atoms with E-state index in [9.17, 15) is 4.79 Å². The Bertz CT molecular complexity index is 664. The van der Waals surface area contributed by atoms with Crippen LogP contribution in [0.15, 0.2) is 36.4 Å². The van der Waals surface area contributed by atoms with Crippen molar-refractivity contribution in [1.29, 1.82) is 0 Å². The van der Waals surface area contributed by atoms with Crippen LogP contribution in [0.2, 0.25) is 0 Å². The Labute approximate surface area is 132 Å². The Morgan fingerprint density at radius 2 is 1.73 bits per heavy atom. The Hall–Kier alpha value is -2.03. The summed E-state index contributed by atoms with van der Waals surface area (Å²) in [4.78, 5) is 14.8. The summed E-state index contributed by atoms with van der Waals surface area (Å²) in [6.45, 7) is 8.14. The molecule has 22 heavy (non-hydrogen) atoms. The normalized spacial score (nSPS) is 16.0. The van der Waals surface area contributed by atoms with Crippen LogP contribution in [0, 0.1) is 19.8 Å². The van der Waals surface area contributed by atoms with Gasteiger partial charge in [-0.2, -0.15) is 0 Å². The molecule has 0 saturated carbocycles. The zero-order valence-electron chi connectivity index (χ0n) is 13.7. The molecule has 3 heteroatoms. The van der Waals surface area contributed by atoms with Gasteiger partial charge in [0.25, 0.3) is 5.91 Å². The minimum atomic E-state index is 0.183. The molecule has 116 valence electrons. The van der Waals surface area contributed by atoms with Crippen LogP contribution in [0.4, 0.5) is 0 Å². The van der Waals surface area contributed by atoms with Crippen molar-refractivity contribution in [1.82, 2.24) is 9.47 Å². The first-order valence-corrected chi connectivity index (χ1v) is 8.11. The molecule has 1 aliphatic rings. The highest BCUT2D eigenvalue weighted by Crippen LogP contribution is 2.24. The van der Waals surface area contributed by atoms with Gasteiger partial charge in [-0.3, -0.25) is 4.79 Å². The molecular weight excluding hydrogens is 272 g/mol. The maximum Gasteiger partial charge on any atom is 0.255 e. The molecule has 2 aromatic rings. The molecule has 3 nitrogen and oxygen atoms in total. The van der Waals surface area contributed by atoms with Crippen LogP contribution in [-0.2, 0) is 0 Å². The first kappa shape index (κ1) is 14.9. The number of hydrogen-bond donors (Lipinski definition) is 0. The van der Waals surface area contributed by atoms with Gasteiger partial charge in [-0.1, -0.05) is 25.1 Å². The maximum atomic E-state index is 12.8. The largest absolute Gasteiger partial charge is 0.339 e. The number of hydrogen-bond acceptors (Lipinski definition) is 1. The summed E-state index contributed by atoms with van der Waals surface area (Å²) in [5, 5.41) is 0. The molecule has 0 aliphatic carbocycles. The van der Waals surface area contributed by atoms with E-state index in [2.05, 4.69) is 30.5 Å². The second-order valence-corrected chi connectivity index (χ2v) is 6.43. The molecular formula is C19H24N2O. The number of rotatable bonds is 2. The van der Waals surface area contributed by atoms with Crippen molar-refractivity contribution in [3.8, 4) is 5.69 Å². The average Bonchev–Trinajstić information content (AvgIpc) is 2.83. The highest BCUT2D eigenvalue weighted by Gasteiger charge is 2.24. The molecule has 1 aliphatic heterocycles. The monoisotopic (exact) mass is 296 g/mol. The van der Waals surface area contributed by atoms with Crippen LogP contribution in [0.5, 0.6) is 0 Å². The third kappa shape index (κ3) is 2.68. The fourth-order valence-electron chi connectivity index (χ4n) is 3.34. The van der Waals surface area contributed by atoms with Crippen molar-refractivity contribution in [3.05, 3.63) is 53.3 Å². The molecule has 0 spiro atoms. The average molecular weight is 296 g/mol. The summed E-state index contributed by atoms with van der Waals surface area (Å²) in [7, 11) is 0. The third-order valence-electron chi connectivity index (χ3n) is 4.75. The summed E-state index contributed by atoms with van der Waals surface area (Å²) in [5.41, 5.74) is 4.10. The van der Waals surface area contributed by atoms with Gasteiger partial charge in [-0.05, 0) is 50.8 Å². The molecule has 0 unspecified atom stereocenters. The van der Waals surface area contributed by atoms with Gasteiger partial charge in [0.2, 0.25) is 0 Å². The number of para-hydroxylation sites is 1. The fraction of sp³-hybridized carbons (Fsp3) is 0.421. The second kappa shape index (κ2) is 5.99. The van der Waals surface area contributed by atoms with Gasteiger partial charge < -0.3 is 9.47 Å². The van der Waals surface area contributed by atoms with Crippen LogP contribution in [0.1, 0.15) is 41.5 Å². The number of likely N-dealkylation sites (tertiary alicyclic amines) is 1. The van der Waals surface area contributed by atoms with Gasteiger partial charge in [-0.15, -0.1) is 0 Å². The molecule has 3 rings (SSSR count). The number of amides is 1. The number of aryl methyl sites for hydroxylation is 1. The van der Waals surface area contributed by atoms with E-state index < -0.39 is 0 Å². The Kier molecular flexibility index (Phi) is 4.06. The summed E-state index contributed by atoms with van der Waals surface area (Å²) >= 11 is 0. The highest BCUT2D eigenvalue weighted by atomic mass is 16.2. The van der Waals surface area contributed by atoms with Crippen LogP contribution >= 0.6 is 0 Å². The van der Waals surface area contributed by atoms with Gasteiger partial charge in [0.1, 0.15) is 0 Å². The van der Waals surface area contributed by atoms with Crippen molar-refractivity contribution in [2.75, 3.05) is 13.1 Å². The predicted octanol–water partition coefficient (Wildman–Crippen LogP) is 3.97. The molecule has 0 radical (unpaired) electrons. The second-order valence-electron chi connectivity index (χ2n) is 6.43. The molecule has 0 N–H and O–H groups in total. The van der Waals surface area contributed by atoms with Crippen molar-refractivity contribution in [3.63, 3.8) is 0 Å². The topological polar surface area (TPSA) is 25.2 Å². The molecule has 0 atom stereocenters. The standard InChI is InChI=1S/C19H24N2O/c1-14-9-11-20(12-10-14)19(22)18-13-15(2)21(16(18)3)17-7-5-4-6-8-17/h4-8,13-14H,9-12H2,1-3H3. The number of piperidine rings is 1. The van der Waals surface area contributed by atoms with E-state index in [1.807, 2.05) is 36.1 Å². The lowest BCUT2D eigenvalue weighted by molar-refractivity contribution is 0.0696. The molecule has 1 aromatic heterocycles. The Morgan fingerprint density at radius 3 is 2.36 bits per heavy atom. The molecule has 0 bridgehead atoms. The smallest absolute Gasteiger partial charge is 0.255 e. The predicted molar refractivity (Wildman–Crippen MR) is 89.5 cm³/mol. The van der Waals surface area contributed by atoms with E-state index in [0.29, 0.717) is 0 Å². The van der Waals surface area contributed by atoms with Gasteiger partial charge in [0.05, 0.1) is 5.56 Å². The lowest BCUT2D eigenvalue weighted by atomic mass is 9.98. The highest BCUT2D eigenvalue weighted by molar-refractivity contribution is 5.96. The van der Waals surface area contributed by atoms with Crippen LogP contribution in [-0.4, -0.2) is 28.5 Å². The molecule has 2 heterocycles. The summed E-state index contributed by atoms with van der Waals surface area (Å²) < 4.78 is 2.17.